The third-order valence-corrected chi connectivity index (χ3v) is 5.06. The third kappa shape index (κ3) is 3.42. The molecule has 0 unspecified atom stereocenters. The van der Waals surface area contributed by atoms with Crippen molar-refractivity contribution in [3.8, 4) is 11.3 Å². The van der Waals surface area contributed by atoms with Crippen molar-refractivity contribution in [2.45, 2.75) is 51.7 Å². The molecule has 0 bridgehead atoms. The average Bonchev–Trinajstić information content (AvgIpc) is 3.09. The number of nitrogens with one attached hydrogen (secondary N) is 1. The summed E-state index contributed by atoms with van der Waals surface area (Å²) in [5.74, 6) is 0.906. The Morgan fingerprint density at radius 2 is 1.96 bits per heavy atom. The van der Waals surface area contributed by atoms with Crippen molar-refractivity contribution in [1.29, 1.82) is 0 Å². The molecule has 1 N–H and O–H groups in total. The van der Waals surface area contributed by atoms with Crippen molar-refractivity contribution < 1.29 is 4.74 Å². The molecule has 0 amide bonds. The van der Waals surface area contributed by atoms with Gasteiger partial charge in [-0.05, 0) is 63.3 Å². The molecule has 0 radical (unpaired) electrons. The molecule has 0 aliphatic heterocycles. The van der Waals surface area contributed by atoms with Crippen LogP contribution in [0.3, 0.4) is 0 Å². The number of rotatable bonds is 5. The van der Waals surface area contributed by atoms with E-state index in [1.807, 2.05) is 22.8 Å². The molecule has 0 atom stereocenters. The minimum Gasteiger partial charge on any atom is -0.379 e. The number of anilines is 1. The first-order valence-electron chi connectivity index (χ1n) is 9.38. The molecule has 26 heavy (non-hydrogen) atoms. The summed E-state index contributed by atoms with van der Waals surface area (Å²) in [5, 5.41) is 8.43. The van der Waals surface area contributed by atoms with E-state index >= 15 is 0 Å². The van der Waals surface area contributed by atoms with Crippen molar-refractivity contribution in [3.63, 3.8) is 0 Å². The van der Waals surface area contributed by atoms with Gasteiger partial charge in [0.15, 0.2) is 5.65 Å². The topological polar surface area (TPSA) is 64.3 Å². The van der Waals surface area contributed by atoms with Crippen LogP contribution in [0.1, 0.15) is 38.2 Å². The van der Waals surface area contributed by atoms with Crippen LogP contribution in [0.2, 0.25) is 0 Å². The van der Waals surface area contributed by atoms with Gasteiger partial charge in [-0.25, -0.2) is 9.50 Å². The molecule has 136 valence electrons. The van der Waals surface area contributed by atoms with Gasteiger partial charge in [0, 0.05) is 30.6 Å². The van der Waals surface area contributed by atoms with Crippen LogP contribution in [0, 0.1) is 6.92 Å². The SMILES string of the molecule is CCOC1CCC(Nc2cc(C)c3ncc(-c4ccncc4)n3n2)CC1. The number of aromatic nitrogens is 4. The standard InChI is InChI=1S/C20H25N5O/c1-3-26-17-6-4-16(5-7-17)23-19-12-14(2)20-22-13-18(25(20)24-19)15-8-10-21-11-9-15/h8-13,16-17H,3-7H2,1-2H3,(H,23,24). The number of fused-ring (bicyclic) bond motifs is 1. The lowest BCUT2D eigenvalue weighted by Crippen LogP contribution is -2.30. The second-order valence-electron chi connectivity index (χ2n) is 6.90. The summed E-state index contributed by atoms with van der Waals surface area (Å²) in [5.41, 5.74) is 4.05. The van der Waals surface area contributed by atoms with Crippen molar-refractivity contribution >= 4 is 11.5 Å². The Labute approximate surface area is 153 Å². The van der Waals surface area contributed by atoms with Gasteiger partial charge in [0.2, 0.25) is 0 Å². The minimum absolute atomic E-state index is 0.419. The maximum atomic E-state index is 5.75. The molecule has 6 nitrogen and oxygen atoms in total. The fourth-order valence-electron chi connectivity index (χ4n) is 3.73. The molecule has 0 spiro atoms. The number of pyridine rings is 1. The van der Waals surface area contributed by atoms with Gasteiger partial charge in [-0.3, -0.25) is 4.98 Å². The Bertz CT molecular complexity index is 869. The van der Waals surface area contributed by atoms with Gasteiger partial charge in [0.05, 0.1) is 18.0 Å². The van der Waals surface area contributed by atoms with Crippen molar-refractivity contribution in [1.82, 2.24) is 19.6 Å². The monoisotopic (exact) mass is 351 g/mol. The number of aryl methyl sites for hydroxylation is 1. The van der Waals surface area contributed by atoms with E-state index in [4.69, 9.17) is 9.84 Å². The van der Waals surface area contributed by atoms with E-state index in [1.165, 1.54) is 0 Å². The van der Waals surface area contributed by atoms with Crippen LogP contribution in [0.15, 0.2) is 36.8 Å². The molecule has 1 saturated carbocycles. The second-order valence-corrected chi connectivity index (χ2v) is 6.90. The Balaban J connectivity index is 1.57. The van der Waals surface area contributed by atoms with Gasteiger partial charge in [0.25, 0.3) is 0 Å². The van der Waals surface area contributed by atoms with Crippen LogP contribution in [0.4, 0.5) is 5.82 Å². The van der Waals surface area contributed by atoms with Crippen molar-refractivity contribution in [2.24, 2.45) is 0 Å². The molecule has 1 fully saturated rings. The van der Waals surface area contributed by atoms with E-state index in [0.29, 0.717) is 12.1 Å². The highest BCUT2D eigenvalue weighted by atomic mass is 16.5. The minimum atomic E-state index is 0.419. The number of imidazole rings is 1. The van der Waals surface area contributed by atoms with Gasteiger partial charge in [0.1, 0.15) is 5.82 Å². The van der Waals surface area contributed by atoms with E-state index in [0.717, 1.165) is 60.6 Å². The molecule has 3 aromatic heterocycles. The lowest BCUT2D eigenvalue weighted by molar-refractivity contribution is 0.0346. The zero-order valence-corrected chi connectivity index (χ0v) is 15.4. The Morgan fingerprint density at radius 1 is 1.19 bits per heavy atom. The fraction of sp³-hybridized carbons (Fsp3) is 0.450. The van der Waals surface area contributed by atoms with Gasteiger partial charge in [-0.2, -0.15) is 0 Å². The fourth-order valence-corrected chi connectivity index (χ4v) is 3.73. The third-order valence-electron chi connectivity index (χ3n) is 5.06. The first-order valence-corrected chi connectivity index (χ1v) is 9.38. The lowest BCUT2D eigenvalue weighted by atomic mass is 9.93. The zero-order valence-electron chi connectivity index (χ0n) is 15.4. The molecule has 3 aromatic rings. The van der Waals surface area contributed by atoms with Crippen LogP contribution in [0.5, 0.6) is 0 Å². The van der Waals surface area contributed by atoms with Crippen LogP contribution < -0.4 is 5.32 Å². The Morgan fingerprint density at radius 3 is 2.69 bits per heavy atom. The van der Waals surface area contributed by atoms with E-state index in [9.17, 15) is 0 Å². The highest BCUT2D eigenvalue weighted by Crippen LogP contribution is 2.26. The second kappa shape index (κ2) is 7.41. The van der Waals surface area contributed by atoms with E-state index < -0.39 is 0 Å². The van der Waals surface area contributed by atoms with Gasteiger partial charge >= 0.3 is 0 Å². The summed E-state index contributed by atoms with van der Waals surface area (Å²) in [4.78, 5) is 8.64. The molecule has 0 saturated heterocycles. The molecule has 3 heterocycles. The Hall–Kier alpha value is -2.47. The number of ether oxygens (including phenoxy) is 1. The molecule has 6 heteroatoms. The van der Waals surface area contributed by atoms with Gasteiger partial charge in [-0.1, -0.05) is 0 Å². The number of hydrogen-bond donors (Lipinski definition) is 1. The summed E-state index contributed by atoms with van der Waals surface area (Å²) < 4.78 is 7.68. The Kier molecular flexibility index (Phi) is 4.84. The van der Waals surface area contributed by atoms with Gasteiger partial charge in [-0.15, -0.1) is 5.10 Å². The normalized spacial score (nSPS) is 20.4. The first kappa shape index (κ1) is 17.0. The largest absolute Gasteiger partial charge is 0.379 e. The molecule has 1 aliphatic carbocycles. The highest BCUT2D eigenvalue weighted by Gasteiger charge is 2.22. The predicted molar refractivity (Wildman–Crippen MR) is 102 cm³/mol. The zero-order chi connectivity index (χ0) is 17.9. The number of nitrogens with zero attached hydrogens (tertiary/aromatic N) is 4. The molecule has 4 rings (SSSR count). The smallest absolute Gasteiger partial charge is 0.157 e. The quantitative estimate of drug-likeness (QED) is 0.756. The van der Waals surface area contributed by atoms with E-state index in [1.54, 1.807) is 12.4 Å². The summed E-state index contributed by atoms with van der Waals surface area (Å²) >= 11 is 0. The van der Waals surface area contributed by atoms with Crippen molar-refractivity contribution in [2.75, 3.05) is 11.9 Å². The van der Waals surface area contributed by atoms with Gasteiger partial charge < -0.3 is 10.1 Å². The van der Waals surface area contributed by atoms with E-state index in [2.05, 4.69) is 35.2 Å². The van der Waals surface area contributed by atoms with Crippen molar-refractivity contribution in [3.05, 3.63) is 42.4 Å². The van der Waals surface area contributed by atoms with Crippen LogP contribution in [-0.2, 0) is 4.74 Å². The summed E-state index contributed by atoms with van der Waals surface area (Å²) in [6, 6.07) is 6.50. The molecular formula is C20H25N5O. The summed E-state index contributed by atoms with van der Waals surface area (Å²) in [7, 11) is 0. The maximum absolute atomic E-state index is 5.75. The van der Waals surface area contributed by atoms with Crippen LogP contribution >= 0.6 is 0 Å². The summed E-state index contributed by atoms with van der Waals surface area (Å²) in [6.07, 6.45) is 10.3. The molecular weight excluding hydrogens is 326 g/mol. The lowest BCUT2D eigenvalue weighted by Gasteiger charge is -2.29. The maximum Gasteiger partial charge on any atom is 0.157 e. The average molecular weight is 351 g/mol. The summed E-state index contributed by atoms with van der Waals surface area (Å²) in [6.45, 7) is 4.95. The van der Waals surface area contributed by atoms with Crippen LogP contribution in [0.25, 0.3) is 16.9 Å². The molecule has 1 aliphatic rings. The molecule has 0 aromatic carbocycles. The predicted octanol–water partition coefficient (Wildman–Crippen LogP) is 3.86. The van der Waals surface area contributed by atoms with E-state index in [-0.39, 0.29) is 0 Å². The first-order chi connectivity index (χ1) is 12.7. The highest BCUT2D eigenvalue weighted by molar-refractivity contribution is 5.65. The number of hydrogen-bond acceptors (Lipinski definition) is 5. The van der Waals surface area contributed by atoms with Crippen LogP contribution in [-0.4, -0.2) is 38.3 Å².